The lowest BCUT2D eigenvalue weighted by atomic mass is 9.75. The Morgan fingerprint density at radius 1 is 1.13 bits per heavy atom. The van der Waals surface area contributed by atoms with Crippen LogP contribution in [-0.4, -0.2) is 13.2 Å². The van der Waals surface area contributed by atoms with Crippen LogP contribution in [0.1, 0.15) is 11.1 Å². The molecule has 3 N–H and O–H groups in total. The van der Waals surface area contributed by atoms with Crippen LogP contribution in [0.25, 0.3) is 0 Å². The number of benzene rings is 2. The molecule has 1 aliphatic heterocycles. The Hall–Kier alpha value is -2.08. The van der Waals surface area contributed by atoms with Crippen LogP contribution in [0.15, 0.2) is 64.9 Å². The number of hydrogen-bond acceptors (Lipinski definition) is 3. The van der Waals surface area contributed by atoms with Gasteiger partial charge in [0, 0.05) is 11.0 Å². The summed E-state index contributed by atoms with van der Waals surface area (Å²) in [6, 6.07) is 14.6. The van der Waals surface area contributed by atoms with Crippen molar-refractivity contribution in [3.63, 3.8) is 0 Å². The fourth-order valence-electron chi connectivity index (χ4n) is 2.86. The van der Waals surface area contributed by atoms with Crippen molar-refractivity contribution in [1.29, 1.82) is 0 Å². The van der Waals surface area contributed by atoms with Crippen molar-refractivity contribution in [1.82, 2.24) is 5.32 Å². The van der Waals surface area contributed by atoms with Gasteiger partial charge in [-0.25, -0.2) is 0 Å². The second-order valence-corrected chi connectivity index (χ2v) is 6.26. The van der Waals surface area contributed by atoms with Gasteiger partial charge in [0.05, 0.1) is 11.2 Å². The summed E-state index contributed by atoms with van der Waals surface area (Å²) in [5.74, 6) is 0.691. The highest BCUT2D eigenvalue weighted by Gasteiger charge is 2.36. The summed E-state index contributed by atoms with van der Waals surface area (Å²) >= 11 is 3.47. The molecule has 23 heavy (non-hydrogen) atoms. The molecule has 2 aromatic carbocycles. The molecule has 0 bridgehead atoms. The van der Waals surface area contributed by atoms with Gasteiger partial charge in [-0.15, -0.1) is 0 Å². The van der Waals surface area contributed by atoms with Gasteiger partial charge < -0.3 is 15.8 Å². The topological polar surface area (TPSA) is 47.3 Å². The van der Waals surface area contributed by atoms with Gasteiger partial charge in [-0.3, -0.25) is 0 Å². The highest BCUT2D eigenvalue weighted by molar-refractivity contribution is 9.10. The predicted octanol–water partition coefficient (Wildman–Crippen LogP) is 3.74. The van der Waals surface area contributed by atoms with Crippen LogP contribution in [0, 0.1) is 0 Å². The quantitative estimate of drug-likeness (QED) is 0.849. The molecule has 0 amide bonds. The molecule has 0 aromatic heterocycles. The number of ether oxygens (including phenoxy) is 1. The van der Waals surface area contributed by atoms with Gasteiger partial charge in [-0.05, 0) is 41.5 Å². The number of halogens is 3. The van der Waals surface area contributed by atoms with Crippen molar-refractivity contribution in [2.45, 2.75) is 12.0 Å². The second kappa shape index (κ2) is 6.20. The molecule has 3 nitrogen and oxygen atoms in total. The summed E-state index contributed by atoms with van der Waals surface area (Å²) < 4.78 is 30.4. The Morgan fingerprint density at radius 3 is 2.43 bits per heavy atom. The Morgan fingerprint density at radius 2 is 1.83 bits per heavy atom. The molecule has 120 valence electrons. The maximum absolute atomic E-state index is 12.5. The fraction of sp³-hybridized carbons (Fsp3) is 0.176. The molecule has 1 unspecified atom stereocenters. The molecule has 1 atom stereocenters. The summed E-state index contributed by atoms with van der Waals surface area (Å²) in [6.45, 7) is -2.30. The monoisotopic (exact) mass is 380 g/mol. The normalized spacial score (nSPS) is 20.3. The molecule has 0 radical (unpaired) electrons. The first-order valence-electron chi connectivity index (χ1n) is 7.03. The van der Waals surface area contributed by atoms with E-state index in [9.17, 15) is 8.78 Å². The molecule has 6 heteroatoms. The van der Waals surface area contributed by atoms with E-state index in [0.29, 0.717) is 12.4 Å². The zero-order valence-electron chi connectivity index (χ0n) is 12.1. The van der Waals surface area contributed by atoms with E-state index in [0.717, 1.165) is 15.6 Å². The van der Waals surface area contributed by atoms with E-state index < -0.39 is 12.0 Å². The molecular weight excluding hydrogens is 366 g/mol. The van der Waals surface area contributed by atoms with E-state index in [1.54, 1.807) is 12.1 Å². The number of hydrogen-bond donors (Lipinski definition) is 2. The van der Waals surface area contributed by atoms with Crippen LogP contribution in [0.3, 0.4) is 0 Å². The molecule has 0 fully saturated rings. The van der Waals surface area contributed by atoms with Crippen molar-refractivity contribution in [2.24, 2.45) is 5.73 Å². The van der Waals surface area contributed by atoms with Crippen LogP contribution in [0.5, 0.6) is 5.75 Å². The van der Waals surface area contributed by atoms with E-state index in [-0.39, 0.29) is 5.75 Å². The zero-order valence-corrected chi connectivity index (χ0v) is 13.7. The SMILES string of the molecule is NC1=CC(c2cccc(Br)c2)(c2cccc(OC(F)F)c2)CN1. The van der Waals surface area contributed by atoms with Gasteiger partial charge in [0.2, 0.25) is 0 Å². The molecule has 0 saturated carbocycles. The zero-order chi connectivity index (χ0) is 16.4. The van der Waals surface area contributed by atoms with Crippen molar-refractivity contribution in [2.75, 3.05) is 6.54 Å². The third kappa shape index (κ3) is 3.17. The Bertz CT molecular complexity index is 751. The molecule has 0 saturated heterocycles. The largest absolute Gasteiger partial charge is 0.435 e. The Labute approximate surface area is 141 Å². The molecule has 2 aromatic rings. The van der Waals surface area contributed by atoms with Crippen molar-refractivity contribution >= 4 is 15.9 Å². The van der Waals surface area contributed by atoms with Gasteiger partial charge in [-0.2, -0.15) is 8.78 Å². The van der Waals surface area contributed by atoms with Gasteiger partial charge in [0.15, 0.2) is 0 Å². The number of nitrogens with one attached hydrogen (secondary N) is 1. The first-order valence-corrected chi connectivity index (χ1v) is 7.82. The lowest BCUT2D eigenvalue weighted by molar-refractivity contribution is -0.0499. The Balaban J connectivity index is 2.11. The van der Waals surface area contributed by atoms with Gasteiger partial charge in [0.1, 0.15) is 5.75 Å². The van der Waals surface area contributed by atoms with E-state index in [1.807, 2.05) is 36.4 Å². The fourth-order valence-corrected chi connectivity index (χ4v) is 3.26. The summed E-state index contributed by atoms with van der Waals surface area (Å²) in [7, 11) is 0. The van der Waals surface area contributed by atoms with Crippen LogP contribution in [0.2, 0.25) is 0 Å². The van der Waals surface area contributed by atoms with Crippen LogP contribution in [-0.2, 0) is 5.41 Å². The van der Waals surface area contributed by atoms with Gasteiger partial charge in [-0.1, -0.05) is 40.2 Å². The molecule has 3 rings (SSSR count). The van der Waals surface area contributed by atoms with Gasteiger partial charge in [0.25, 0.3) is 0 Å². The minimum Gasteiger partial charge on any atom is -0.435 e. The van der Waals surface area contributed by atoms with E-state index in [4.69, 9.17) is 5.73 Å². The van der Waals surface area contributed by atoms with Crippen molar-refractivity contribution < 1.29 is 13.5 Å². The van der Waals surface area contributed by atoms with Crippen molar-refractivity contribution in [3.8, 4) is 5.75 Å². The number of nitrogens with two attached hydrogens (primary N) is 1. The molecular formula is C17H15BrF2N2O. The van der Waals surface area contributed by atoms with E-state index in [2.05, 4.69) is 26.0 Å². The molecule has 0 aliphatic carbocycles. The van der Waals surface area contributed by atoms with Crippen molar-refractivity contribution in [3.05, 3.63) is 76.0 Å². The summed E-state index contributed by atoms with van der Waals surface area (Å²) in [5, 5.41) is 3.12. The van der Waals surface area contributed by atoms with Gasteiger partial charge >= 0.3 is 6.61 Å². The lowest BCUT2D eigenvalue weighted by Gasteiger charge is -2.28. The lowest BCUT2D eigenvalue weighted by Crippen LogP contribution is -2.31. The maximum atomic E-state index is 12.5. The average Bonchev–Trinajstić information content (AvgIpc) is 2.90. The third-order valence-electron chi connectivity index (χ3n) is 3.89. The summed E-state index contributed by atoms with van der Waals surface area (Å²) in [4.78, 5) is 0. The minimum absolute atomic E-state index is 0.130. The highest BCUT2D eigenvalue weighted by Crippen LogP contribution is 2.39. The smallest absolute Gasteiger partial charge is 0.387 e. The van der Waals surface area contributed by atoms with Crippen LogP contribution in [0.4, 0.5) is 8.78 Å². The molecule has 1 heterocycles. The molecule has 1 aliphatic rings. The standard InChI is InChI=1S/C17H15BrF2N2O/c18-13-5-1-3-11(7-13)17(9-15(21)22-10-17)12-4-2-6-14(8-12)23-16(19)20/h1-9,16,22H,10,21H2. The van der Waals surface area contributed by atoms with E-state index in [1.165, 1.54) is 6.07 Å². The van der Waals surface area contributed by atoms with Crippen LogP contribution >= 0.6 is 15.9 Å². The summed E-state index contributed by atoms with van der Waals surface area (Å²) in [5.41, 5.74) is 7.24. The first kappa shape index (κ1) is 15.8. The predicted molar refractivity (Wildman–Crippen MR) is 88.3 cm³/mol. The average molecular weight is 381 g/mol. The second-order valence-electron chi connectivity index (χ2n) is 5.34. The third-order valence-corrected chi connectivity index (χ3v) is 4.38. The Kier molecular flexibility index (Phi) is 4.26. The molecule has 0 spiro atoms. The minimum atomic E-state index is -2.85. The first-order chi connectivity index (χ1) is 11.0. The summed E-state index contributed by atoms with van der Waals surface area (Å²) in [6.07, 6.45) is 1.91. The number of rotatable bonds is 4. The van der Waals surface area contributed by atoms with E-state index >= 15 is 0 Å². The highest BCUT2D eigenvalue weighted by atomic mass is 79.9. The number of alkyl halides is 2. The van der Waals surface area contributed by atoms with Crippen LogP contribution < -0.4 is 15.8 Å². The maximum Gasteiger partial charge on any atom is 0.387 e.